The van der Waals surface area contributed by atoms with Crippen molar-refractivity contribution >= 4 is 5.57 Å². The molecule has 0 saturated heterocycles. The average Bonchev–Trinajstić information content (AvgIpc) is 2.29. The maximum absolute atomic E-state index is 5.72. The lowest BCUT2D eigenvalue weighted by atomic mass is 10.1. The lowest BCUT2D eigenvalue weighted by Crippen LogP contribution is -2.24. The first-order chi connectivity index (χ1) is 7.17. The summed E-state index contributed by atoms with van der Waals surface area (Å²) in [5.74, 6) is 5.72. The molecule has 2 N–H and O–H groups in total. The zero-order chi connectivity index (χ0) is 11.3. The molecule has 0 amide bonds. The largest absolute Gasteiger partial charge is 0.318 e. The van der Waals surface area contributed by atoms with Crippen LogP contribution in [0.5, 0.6) is 0 Å². The van der Waals surface area contributed by atoms with Gasteiger partial charge in [0.05, 0.1) is 0 Å². The van der Waals surface area contributed by atoms with Crippen LogP contribution in [0.25, 0.3) is 5.57 Å². The van der Waals surface area contributed by atoms with Crippen molar-refractivity contribution < 1.29 is 0 Å². The molecule has 0 saturated carbocycles. The summed E-state index contributed by atoms with van der Waals surface area (Å²) in [7, 11) is 0. The van der Waals surface area contributed by atoms with Gasteiger partial charge >= 0.3 is 0 Å². The molecular formula is C13H20N2. The van der Waals surface area contributed by atoms with Crippen molar-refractivity contribution in [3.8, 4) is 0 Å². The maximum atomic E-state index is 5.72. The Morgan fingerprint density at radius 1 is 1.27 bits per heavy atom. The van der Waals surface area contributed by atoms with Crippen LogP contribution in [0.2, 0.25) is 0 Å². The van der Waals surface area contributed by atoms with E-state index in [0.29, 0.717) is 0 Å². The van der Waals surface area contributed by atoms with E-state index in [1.165, 1.54) is 16.7 Å². The topological polar surface area (TPSA) is 29.3 Å². The summed E-state index contributed by atoms with van der Waals surface area (Å²) in [6.45, 7) is 7.10. The van der Waals surface area contributed by atoms with E-state index >= 15 is 0 Å². The van der Waals surface area contributed by atoms with Crippen molar-refractivity contribution in [2.75, 3.05) is 6.54 Å². The number of aryl methyl sites for hydroxylation is 1. The number of hydrogen-bond acceptors (Lipinski definition) is 2. The van der Waals surface area contributed by atoms with E-state index in [1.807, 2.05) is 13.1 Å². The van der Waals surface area contributed by atoms with Gasteiger partial charge in [-0.25, -0.2) is 5.84 Å². The van der Waals surface area contributed by atoms with E-state index in [1.54, 1.807) is 5.01 Å². The minimum Gasteiger partial charge on any atom is -0.318 e. The first-order valence-electron chi connectivity index (χ1n) is 5.46. The summed E-state index contributed by atoms with van der Waals surface area (Å²) in [6.07, 6.45) is 3.06. The van der Waals surface area contributed by atoms with Gasteiger partial charge in [0.25, 0.3) is 0 Å². The second-order valence-electron chi connectivity index (χ2n) is 3.69. The van der Waals surface area contributed by atoms with Gasteiger partial charge in [-0.1, -0.05) is 31.2 Å². The van der Waals surface area contributed by atoms with Gasteiger partial charge in [-0.15, -0.1) is 0 Å². The monoisotopic (exact) mass is 204 g/mol. The molecule has 0 aliphatic carbocycles. The molecule has 0 heterocycles. The zero-order valence-corrected chi connectivity index (χ0v) is 9.83. The van der Waals surface area contributed by atoms with Crippen LogP contribution in [-0.2, 0) is 6.42 Å². The van der Waals surface area contributed by atoms with Crippen molar-refractivity contribution in [1.82, 2.24) is 5.01 Å². The van der Waals surface area contributed by atoms with Crippen molar-refractivity contribution in [2.24, 2.45) is 5.84 Å². The van der Waals surface area contributed by atoms with E-state index in [9.17, 15) is 0 Å². The SMILES string of the molecule is CCc1ccc(/C(C)=C/N(N)CC)cc1. The minimum absolute atomic E-state index is 0.824. The fourth-order valence-electron chi connectivity index (χ4n) is 1.42. The molecule has 0 fully saturated rings. The highest BCUT2D eigenvalue weighted by Crippen LogP contribution is 2.14. The Bertz CT molecular complexity index is 325. The highest BCUT2D eigenvalue weighted by molar-refractivity contribution is 5.63. The van der Waals surface area contributed by atoms with E-state index in [0.717, 1.165) is 13.0 Å². The van der Waals surface area contributed by atoms with Crippen molar-refractivity contribution in [3.63, 3.8) is 0 Å². The Hall–Kier alpha value is -1.28. The van der Waals surface area contributed by atoms with Gasteiger partial charge in [0, 0.05) is 12.7 Å². The second-order valence-corrected chi connectivity index (χ2v) is 3.69. The molecule has 15 heavy (non-hydrogen) atoms. The lowest BCUT2D eigenvalue weighted by Gasteiger charge is -2.12. The molecule has 1 rings (SSSR count). The highest BCUT2D eigenvalue weighted by atomic mass is 15.4. The Morgan fingerprint density at radius 3 is 2.33 bits per heavy atom. The molecule has 0 atom stereocenters. The molecule has 1 aromatic rings. The maximum Gasteiger partial charge on any atom is 0.0307 e. The molecule has 1 aromatic carbocycles. The Balaban J connectivity index is 2.82. The summed E-state index contributed by atoms with van der Waals surface area (Å²) in [5, 5.41) is 1.70. The quantitative estimate of drug-likeness (QED) is 0.603. The molecular weight excluding hydrogens is 184 g/mol. The molecule has 0 spiro atoms. The lowest BCUT2D eigenvalue weighted by molar-refractivity contribution is 0.418. The van der Waals surface area contributed by atoms with Gasteiger partial charge in [0.1, 0.15) is 0 Å². The summed E-state index contributed by atoms with van der Waals surface area (Å²) < 4.78 is 0. The van der Waals surface area contributed by atoms with Gasteiger partial charge in [-0.3, -0.25) is 0 Å². The molecule has 2 heteroatoms. The summed E-state index contributed by atoms with van der Waals surface area (Å²) >= 11 is 0. The predicted molar refractivity (Wildman–Crippen MR) is 66.0 cm³/mol. The predicted octanol–water partition coefficient (Wildman–Crippen LogP) is 2.81. The third-order valence-electron chi connectivity index (χ3n) is 2.54. The van der Waals surface area contributed by atoms with E-state index < -0.39 is 0 Å². The standard InChI is InChI=1S/C13H20N2/c1-4-12-6-8-13(9-7-12)11(3)10-15(14)5-2/h6-10H,4-5,14H2,1-3H3/b11-10+. The first kappa shape index (κ1) is 11.8. The molecule has 0 aliphatic heterocycles. The highest BCUT2D eigenvalue weighted by Gasteiger charge is 1.97. The van der Waals surface area contributed by atoms with Crippen LogP contribution in [0, 0.1) is 0 Å². The average molecular weight is 204 g/mol. The number of benzene rings is 1. The molecule has 0 unspecified atom stereocenters. The summed E-state index contributed by atoms with van der Waals surface area (Å²) in [4.78, 5) is 0. The molecule has 0 radical (unpaired) electrons. The molecule has 82 valence electrons. The van der Waals surface area contributed by atoms with E-state index in [2.05, 4.69) is 38.1 Å². The van der Waals surface area contributed by atoms with Crippen molar-refractivity contribution in [2.45, 2.75) is 27.2 Å². The smallest absolute Gasteiger partial charge is 0.0307 e. The third kappa shape index (κ3) is 3.40. The second kappa shape index (κ2) is 5.56. The molecule has 0 bridgehead atoms. The number of nitrogens with two attached hydrogens (primary N) is 1. The van der Waals surface area contributed by atoms with Crippen LogP contribution < -0.4 is 5.84 Å². The van der Waals surface area contributed by atoms with Gasteiger partial charge < -0.3 is 5.01 Å². The number of hydrogen-bond donors (Lipinski definition) is 1. The Morgan fingerprint density at radius 2 is 1.87 bits per heavy atom. The van der Waals surface area contributed by atoms with Crippen LogP contribution in [0.15, 0.2) is 30.5 Å². The Kier molecular flexibility index (Phi) is 4.37. The molecule has 0 aromatic heterocycles. The van der Waals surface area contributed by atoms with Crippen molar-refractivity contribution in [1.29, 1.82) is 0 Å². The van der Waals surface area contributed by atoms with Crippen LogP contribution in [-0.4, -0.2) is 11.6 Å². The van der Waals surface area contributed by atoms with Crippen LogP contribution in [0.3, 0.4) is 0 Å². The normalized spacial score (nSPS) is 11.6. The minimum atomic E-state index is 0.824. The van der Waals surface area contributed by atoms with Gasteiger partial charge in [-0.05, 0) is 37.0 Å². The molecule has 0 aliphatic rings. The number of rotatable bonds is 4. The zero-order valence-electron chi connectivity index (χ0n) is 9.83. The van der Waals surface area contributed by atoms with Crippen LogP contribution in [0.4, 0.5) is 0 Å². The summed E-state index contributed by atoms with van der Waals surface area (Å²) in [6, 6.07) is 8.63. The van der Waals surface area contributed by atoms with E-state index in [4.69, 9.17) is 5.84 Å². The van der Waals surface area contributed by atoms with Gasteiger partial charge in [-0.2, -0.15) is 0 Å². The number of nitrogens with zero attached hydrogens (tertiary/aromatic N) is 1. The fraction of sp³-hybridized carbons (Fsp3) is 0.385. The first-order valence-corrected chi connectivity index (χ1v) is 5.46. The third-order valence-corrected chi connectivity index (χ3v) is 2.54. The van der Waals surface area contributed by atoms with E-state index in [-0.39, 0.29) is 0 Å². The Labute approximate surface area is 92.4 Å². The van der Waals surface area contributed by atoms with Crippen LogP contribution in [0.1, 0.15) is 31.9 Å². The number of hydrazine groups is 1. The van der Waals surface area contributed by atoms with Gasteiger partial charge in [0.15, 0.2) is 0 Å². The van der Waals surface area contributed by atoms with Crippen LogP contribution >= 0.6 is 0 Å². The number of allylic oxidation sites excluding steroid dienone is 1. The molecule has 2 nitrogen and oxygen atoms in total. The van der Waals surface area contributed by atoms with Crippen molar-refractivity contribution in [3.05, 3.63) is 41.6 Å². The summed E-state index contributed by atoms with van der Waals surface area (Å²) in [5.41, 5.74) is 3.80. The fourth-order valence-corrected chi connectivity index (χ4v) is 1.42. The van der Waals surface area contributed by atoms with Gasteiger partial charge in [0.2, 0.25) is 0 Å².